The molecule has 2 heterocycles. The Bertz CT molecular complexity index is 402. The minimum absolute atomic E-state index is 0.405. The highest BCUT2D eigenvalue weighted by atomic mass is 16.3. The van der Waals surface area contributed by atoms with E-state index in [9.17, 15) is 0 Å². The van der Waals surface area contributed by atoms with Crippen molar-refractivity contribution in [3.05, 3.63) is 23.7 Å². The summed E-state index contributed by atoms with van der Waals surface area (Å²) in [5, 5.41) is 0. The summed E-state index contributed by atoms with van der Waals surface area (Å²) in [6.45, 7) is 7.51. The molecule has 100 valence electrons. The smallest absolute Gasteiger partial charge is 0.121 e. The molecule has 1 aliphatic carbocycles. The second-order valence-corrected chi connectivity index (χ2v) is 5.92. The lowest BCUT2D eigenvalue weighted by Crippen LogP contribution is -2.27. The molecule has 4 unspecified atom stereocenters. The Kier molecular flexibility index (Phi) is 3.20. The normalized spacial score (nSPS) is 36.2. The van der Waals surface area contributed by atoms with Crippen LogP contribution in [0.4, 0.5) is 0 Å². The number of hydrogen-bond acceptors (Lipinski definition) is 3. The third-order valence-electron chi connectivity index (χ3n) is 4.75. The van der Waals surface area contributed by atoms with E-state index < -0.39 is 0 Å². The van der Waals surface area contributed by atoms with E-state index in [4.69, 9.17) is 10.2 Å². The molecule has 4 atom stereocenters. The van der Waals surface area contributed by atoms with Gasteiger partial charge in [0.05, 0.1) is 6.04 Å². The maximum absolute atomic E-state index is 6.13. The largest absolute Gasteiger partial charge is 0.464 e. The fourth-order valence-electron chi connectivity index (χ4n) is 3.39. The van der Waals surface area contributed by atoms with E-state index in [2.05, 4.69) is 30.9 Å². The molecule has 2 aliphatic rings. The molecule has 1 saturated carbocycles. The van der Waals surface area contributed by atoms with Gasteiger partial charge in [0, 0.05) is 5.92 Å². The van der Waals surface area contributed by atoms with Crippen molar-refractivity contribution in [2.45, 2.75) is 38.6 Å². The van der Waals surface area contributed by atoms with Gasteiger partial charge >= 0.3 is 0 Å². The van der Waals surface area contributed by atoms with Crippen LogP contribution in [-0.4, -0.2) is 24.5 Å². The van der Waals surface area contributed by atoms with Crippen LogP contribution in [-0.2, 0) is 0 Å². The van der Waals surface area contributed by atoms with Crippen molar-refractivity contribution in [2.24, 2.45) is 17.6 Å². The third-order valence-corrected chi connectivity index (χ3v) is 4.75. The third kappa shape index (κ3) is 1.99. The summed E-state index contributed by atoms with van der Waals surface area (Å²) >= 11 is 0. The molecule has 2 N–H and O–H groups in total. The molecule has 0 radical (unpaired) electrons. The van der Waals surface area contributed by atoms with Gasteiger partial charge in [0.25, 0.3) is 0 Å². The van der Waals surface area contributed by atoms with E-state index in [0.29, 0.717) is 17.9 Å². The quantitative estimate of drug-likeness (QED) is 0.891. The van der Waals surface area contributed by atoms with Crippen LogP contribution in [0.3, 0.4) is 0 Å². The Balaban J connectivity index is 1.81. The van der Waals surface area contributed by atoms with Crippen molar-refractivity contribution < 1.29 is 4.42 Å². The van der Waals surface area contributed by atoms with Gasteiger partial charge in [-0.05, 0) is 56.4 Å². The van der Waals surface area contributed by atoms with Crippen LogP contribution in [0.2, 0.25) is 0 Å². The van der Waals surface area contributed by atoms with E-state index >= 15 is 0 Å². The summed E-state index contributed by atoms with van der Waals surface area (Å²) in [4.78, 5) is 2.50. The molecular weight excluding hydrogens is 224 g/mol. The average Bonchev–Trinajstić information content (AvgIpc) is 2.86. The fraction of sp³-hybridized carbons (Fsp3) is 0.733. The Labute approximate surface area is 109 Å². The molecule has 3 nitrogen and oxygen atoms in total. The number of nitrogens with two attached hydrogens (primary N) is 1. The number of hydrogen-bond donors (Lipinski definition) is 1. The standard InChI is InChI=1S/C15H24N2O/c1-3-17-7-6-11(9-16)15(17)14-5-4-13(18-14)12-8-10(12)2/h4-5,10-12,15H,3,6-9,16H2,1-2H3. The van der Waals surface area contributed by atoms with Gasteiger partial charge in [0.2, 0.25) is 0 Å². The number of rotatable bonds is 4. The van der Waals surface area contributed by atoms with Crippen molar-refractivity contribution >= 4 is 0 Å². The lowest BCUT2D eigenvalue weighted by Gasteiger charge is -2.24. The summed E-state index contributed by atoms with van der Waals surface area (Å²) < 4.78 is 6.13. The summed E-state index contributed by atoms with van der Waals surface area (Å²) in [5.41, 5.74) is 5.91. The number of likely N-dealkylation sites (tertiary alicyclic amines) is 1. The molecule has 1 saturated heterocycles. The lowest BCUT2D eigenvalue weighted by molar-refractivity contribution is 0.207. The maximum Gasteiger partial charge on any atom is 0.121 e. The van der Waals surface area contributed by atoms with Gasteiger partial charge in [-0.1, -0.05) is 13.8 Å². The van der Waals surface area contributed by atoms with Crippen LogP contribution in [0.5, 0.6) is 0 Å². The first kappa shape index (κ1) is 12.2. The van der Waals surface area contributed by atoms with Crippen LogP contribution < -0.4 is 5.73 Å². The van der Waals surface area contributed by atoms with Crippen LogP contribution in [0.1, 0.15) is 50.2 Å². The molecule has 1 aliphatic heterocycles. The Hall–Kier alpha value is -0.800. The highest BCUT2D eigenvalue weighted by Gasteiger charge is 2.39. The minimum Gasteiger partial charge on any atom is -0.464 e. The van der Waals surface area contributed by atoms with Crippen molar-refractivity contribution in [1.29, 1.82) is 0 Å². The summed E-state index contributed by atoms with van der Waals surface area (Å²) in [5.74, 6) is 4.36. The molecule has 2 fully saturated rings. The second-order valence-electron chi connectivity index (χ2n) is 5.92. The molecule has 0 bridgehead atoms. The second kappa shape index (κ2) is 4.71. The highest BCUT2D eigenvalue weighted by molar-refractivity contribution is 5.20. The number of furan rings is 1. The fourth-order valence-corrected chi connectivity index (χ4v) is 3.39. The zero-order valence-corrected chi connectivity index (χ0v) is 11.4. The summed E-state index contributed by atoms with van der Waals surface area (Å²) in [6.07, 6.45) is 2.49. The van der Waals surface area contributed by atoms with Crippen LogP contribution in [0.15, 0.2) is 16.5 Å². The van der Waals surface area contributed by atoms with Crippen LogP contribution in [0, 0.1) is 11.8 Å². The molecular formula is C15H24N2O. The molecule has 3 rings (SSSR count). The minimum atomic E-state index is 0.405. The Morgan fingerprint density at radius 3 is 2.72 bits per heavy atom. The van der Waals surface area contributed by atoms with E-state index in [0.717, 1.165) is 31.3 Å². The molecule has 1 aromatic rings. The predicted molar refractivity (Wildman–Crippen MR) is 72.4 cm³/mol. The lowest BCUT2D eigenvalue weighted by atomic mass is 9.98. The zero-order valence-electron chi connectivity index (χ0n) is 11.4. The Morgan fingerprint density at radius 2 is 2.11 bits per heavy atom. The molecule has 3 heteroatoms. The first-order valence-electron chi connectivity index (χ1n) is 7.28. The van der Waals surface area contributed by atoms with Gasteiger partial charge in [-0.2, -0.15) is 0 Å². The van der Waals surface area contributed by atoms with Gasteiger partial charge in [-0.15, -0.1) is 0 Å². The van der Waals surface area contributed by atoms with Gasteiger partial charge in [0.1, 0.15) is 11.5 Å². The molecule has 0 aromatic carbocycles. The average molecular weight is 248 g/mol. The van der Waals surface area contributed by atoms with E-state index in [1.807, 2.05) is 0 Å². The van der Waals surface area contributed by atoms with Crippen molar-refractivity contribution in [3.63, 3.8) is 0 Å². The van der Waals surface area contributed by atoms with E-state index in [1.165, 1.54) is 18.6 Å². The van der Waals surface area contributed by atoms with E-state index in [-0.39, 0.29) is 0 Å². The van der Waals surface area contributed by atoms with Crippen molar-refractivity contribution in [1.82, 2.24) is 4.90 Å². The maximum atomic E-state index is 6.13. The monoisotopic (exact) mass is 248 g/mol. The van der Waals surface area contributed by atoms with Crippen molar-refractivity contribution in [2.75, 3.05) is 19.6 Å². The highest BCUT2D eigenvalue weighted by Crippen LogP contribution is 2.48. The van der Waals surface area contributed by atoms with Crippen molar-refractivity contribution in [3.8, 4) is 0 Å². The van der Waals surface area contributed by atoms with Gasteiger partial charge in [-0.3, -0.25) is 4.90 Å². The number of nitrogens with zero attached hydrogens (tertiary/aromatic N) is 1. The van der Waals surface area contributed by atoms with E-state index in [1.54, 1.807) is 0 Å². The van der Waals surface area contributed by atoms with Crippen LogP contribution >= 0.6 is 0 Å². The summed E-state index contributed by atoms with van der Waals surface area (Å²) in [7, 11) is 0. The first-order chi connectivity index (χ1) is 8.74. The zero-order chi connectivity index (χ0) is 12.7. The van der Waals surface area contributed by atoms with Gasteiger partial charge < -0.3 is 10.2 Å². The molecule has 18 heavy (non-hydrogen) atoms. The molecule has 0 amide bonds. The molecule has 0 spiro atoms. The van der Waals surface area contributed by atoms with Gasteiger partial charge in [0.15, 0.2) is 0 Å². The first-order valence-corrected chi connectivity index (χ1v) is 7.28. The van der Waals surface area contributed by atoms with Crippen LogP contribution in [0.25, 0.3) is 0 Å². The van der Waals surface area contributed by atoms with Gasteiger partial charge in [-0.25, -0.2) is 0 Å². The SMILES string of the molecule is CCN1CCC(CN)C1c1ccc(C2CC2C)o1. The summed E-state index contributed by atoms with van der Waals surface area (Å²) in [6, 6.07) is 4.77. The predicted octanol–water partition coefficient (Wildman–Crippen LogP) is 2.74. The topological polar surface area (TPSA) is 42.4 Å². The molecule has 1 aromatic heterocycles. The Morgan fingerprint density at radius 1 is 1.39 bits per heavy atom.